The van der Waals surface area contributed by atoms with E-state index in [0.29, 0.717) is 5.54 Å². The minimum absolute atomic E-state index is 0.433. The van der Waals surface area contributed by atoms with Crippen LogP contribution in [0.1, 0.15) is 33.1 Å². The van der Waals surface area contributed by atoms with Crippen LogP contribution >= 0.6 is 0 Å². The lowest BCUT2D eigenvalue weighted by Gasteiger charge is -2.40. The largest absolute Gasteiger partial charge is 0.329 e. The topological polar surface area (TPSA) is 29.3 Å². The SMILES string of the molecule is CC1CC(C)CN(C2(CN)CC2)C1. The fraction of sp³-hybridized carbons (Fsp3) is 1.00. The van der Waals surface area contributed by atoms with Gasteiger partial charge in [-0.05, 0) is 31.1 Å². The van der Waals surface area contributed by atoms with Gasteiger partial charge in [0.25, 0.3) is 0 Å². The van der Waals surface area contributed by atoms with Gasteiger partial charge in [0.2, 0.25) is 0 Å². The zero-order chi connectivity index (χ0) is 9.47. The first-order chi connectivity index (χ1) is 6.16. The van der Waals surface area contributed by atoms with E-state index in [1.807, 2.05) is 0 Å². The predicted molar refractivity (Wildman–Crippen MR) is 55.5 cm³/mol. The van der Waals surface area contributed by atoms with E-state index in [0.717, 1.165) is 18.4 Å². The van der Waals surface area contributed by atoms with Crippen molar-refractivity contribution in [2.45, 2.75) is 38.6 Å². The van der Waals surface area contributed by atoms with Crippen molar-refractivity contribution >= 4 is 0 Å². The molecule has 76 valence electrons. The minimum atomic E-state index is 0.433. The second-order valence-electron chi connectivity index (χ2n) is 5.28. The van der Waals surface area contributed by atoms with Gasteiger partial charge in [-0.1, -0.05) is 13.8 Å². The average molecular weight is 182 g/mol. The highest BCUT2D eigenvalue weighted by Crippen LogP contribution is 2.43. The fourth-order valence-corrected chi connectivity index (χ4v) is 2.84. The van der Waals surface area contributed by atoms with Crippen LogP contribution in [0.4, 0.5) is 0 Å². The van der Waals surface area contributed by atoms with Crippen LogP contribution in [0.3, 0.4) is 0 Å². The molecule has 2 atom stereocenters. The lowest BCUT2D eigenvalue weighted by atomic mass is 9.90. The van der Waals surface area contributed by atoms with Crippen LogP contribution in [0.2, 0.25) is 0 Å². The number of nitrogens with zero attached hydrogens (tertiary/aromatic N) is 1. The third-order valence-electron chi connectivity index (χ3n) is 3.75. The molecule has 0 spiro atoms. The monoisotopic (exact) mass is 182 g/mol. The molecular formula is C11H22N2. The molecule has 0 aromatic carbocycles. The first kappa shape index (κ1) is 9.47. The highest BCUT2D eigenvalue weighted by atomic mass is 15.2. The lowest BCUT2D eigenvalue weighted by molar-refractivity contribution is 0.0859. The summed E-state index contributed by atoms with van der Waals surface area (Å²) in [6.45, 7) is 8.17. The summed E-state index contributed by atoms with van der Waals surface area (Å²) in [4.78, 5) is 2.66. The molecule has 1 heterocycles. The molecular weight excluding hydrogens is 160 g/mol. The first-order valence-corrected chi connectivity index (χ1v) is 5.61. The van der Waals surface area contributed by atoms with Gasteiger partial charge in [-0.2, -0.15) is 0 Å². The highest BCUT2D eigenvalue weighted by molar-refractivity contribution is 5.06. The van der Waals surface area contributed by atoms with Gasteiger partial charge in [-0.3, -0.25) is 4.90 Å². The summed E-state index contributed by atoms with van der Waals surface area (Å²) in [5, 5.41) is 0. The Morgan fingerprint density at radius 1 is 1.23 bits per heavy atom. The van der Waals surface area contributed by atoms with Crippen molar-refractivity contribution in [1.29, 1.82) is 0 Å². The summed E-state index contributed by atoms with van der Waals surface area (Å²) in [7, 11) is 0. The number of likely N-dealkylation sites (tertiary alicyclic amines) is 1. The van der Waals surface area contributed by atoms with Crippen LogP contribution in [0, 0.1) is 11.8 Å². The molecule has 2 rings (SSSR count). The Bertz CT molecular complexity index is 177. The van der Waals surface area contributed by atoms with E-state index in [2.05, 4.69) is 18.7 Å². The molecule has 2 unspecified atom stereocenters. The number of hydrogen-bond acceptors (Lipinski definition) is 2. The molecule has 2 N–H and O–H groups in total. The molecule has 1 saturated carbocycles. The van der Waals surface area contributed by atoms with Crippen LogP contribution < -0.4 is 5.73 Å². The lowest BCUT2D eigenvalue weighted by Crippen LogP contribution is -2.49. The third kappa shape index (κ3) is 1.75. The van der Waals surface area contributed by atoms with Gasteiger partial charge in [-0.15, -0.1) is 0 Å². The second kappa shape index (κ2) is 3.25. The molecule has 1 aliphatic carbocycles. The van der Waals surface area contributed by atoms with Crippen molar-refractivity contribution in [2.75, 3.05) is 19.6 Å². The van der Waals surface area contributed by atoms with Gasteiger partial charge in [0.15, 0.2) is 0 Å². The summed E-state index contributed by atoms with van der Waals surface area (Å²) in [6.07, 6.45) is 4.07. The van der Waals surface area contributed by atoms with E-state index in [4.69, 9.17) is 5.73 Å². The molecule has 0 amide bonds. The van der Waals surface area contributed by atoms with Crippen molar-refractivity contribution in [1.82, 2.24) is 4.90 Å². The van der Waals surface area contributed by atoms with E-state index in [1.54, 1.807) is 0 Å². The van der Waals surface area contributed by atoms with Crippen molar-refractivity contribution < 1.29 is 0 Å². The second-order valence-corrected chi connectivity index (χ2v) is 5.28. The van der Waals surface area contributed by atoms with E-state index >= 15 is 0 Å². The zero-order valence-electron chi connectivity index (χ0n) is 8.92. The summed E-state index contributed by atoms with van der Waals surface area (Å²) >= 11 is 0. The Morgan fingerprint density at radius 2 is 1.77 bits per heavy atom. The van der Waals surface area contributed by atoms with E-state index in [1.165, 1.54) is 32.4 Å². The first-order valence-electron chi connectivity index (χ1n) is 5.61. The quantitative estimate of drug-likeness (QED) is 0.700. The van der Waals surface area contributed by atoms with Gasteiger partial charge in [0.05, 0.1) is 0 Å². The predicted octanol–water partition coefficient (Wildman–Crippen LogP) is 1.46. The zero-order valence-corrected chi connectivity index (χ0v) is 8.92. The smallest absolute Gasteiger partial charge is 0.0333 e. The van der Waals surface area contributed by atoms with Gasteiger partial charge < -0.3 is 5.73 Å². The molecule has 2 aliphatic rings. The van der Waals surface area contributed by atoms with Crippen LogP contribution in [0.25, 0.3) is 0 Å². The Kier molecular flexibility index (Phi) is 2.37. The number of rotatable bonds is 2. The van der Waals surface area contributed by atoms with Crippen LogP contribution in [-0.4, -0.2) is 30.1 Å². The maximum atomic E-state index is 5.85. The molecule has 13 heavy (non-hydrogen) atoms. The molecule has 2 nitrogen and oxygen atoms in total. The van der Waals surface area contributed by atoms with Crippen molar-refractivity contribution in [2.24, 2.45) is 17.6 Å². The Labute approximate surface area is 81.5 Å². The highest BCUT2D eigenvalue weighted by Gasteiger charge is 2.48. The summed E-state index contributed by atoms with van der Waals surface area (Å²) in [5.41, 5.74) is 6.28. The van der Waals surface area contributed by atoms with Gasteiger partial charge in [0.1, 0.15) is 0 Å². The Balaban J connectivity index is 1.99. The molecule has 1 aliphatic heterocycles. The Morgan fingerprint density at radius 3 is 2.15 bits per heavy atom. The normalized spacial score (nSPS) is 39.0. The van der Waals surface area contributed by atoms with Gasteiger partial charge in [0, 0.05) is 25.2 Å². The molecule has 0 aromatic heterocycles. The molecule has 0 aromatic rings. The number of nitrogens with two attached hydrogens (primary N) is 1. The molecule has 1 saturated heterocycles. The minimum Gasteiger partial charge on any atom is -0.329 e. The summed E-state index contributed by atoms with van der Waals surface area (Å²) in [5.74, 6) is 1.74. The van der Waals surface area contributed by atoms with Gasteiger partial charge >= 0.3 is 0 Å². The fourth-order valence-electron chi connectivity index (χ4n) is 2.84. The van der Waals surface area contributed by atoms with Crippen LogP contribution in [0.15, 0.2) is 0 Å². The summed E-state index contributed by atoms with van der Waals surface area (Å²) in [6, 6.07) is 0. The van der Waals surface area contributed by atoms with Crippen LogP contribution in [-0.2, 0) is 0 Å². The van der Waals surface area contributed by atoms with Gasteiger partial charge in [-0.25, -0.2) is 0 Å². The molecule has 0 bridgehead atoms. The van der Waals surface area contributed by atoms with E-state index in [-0.39, 0.29) is 0 Å². The molecule has 2 heteroatoms. The average Bonchev–Trinajstić information content (AvgIpc) is 2.82. The number of hydrogen-bond donors (Lipinski definition) is 1. The number of piperidine rings is 1. The Hall–Kier alpha value is -0.0800. The van der Waals surface area contributed by atoms with Crippen molar-refractivity contribution in [3.8, 4) is 0 Å². The standard InChI is InChI=1S/C11H22N2/c1-9-5-10(2)7-13(6-9)11(8-12)3-4-11/h9-10H,3-8,12H2,1-2H3. The van der Waals surface area contributed by atoms with Crippen molar-refractivity contribution in [3.63, 3.8) is 0 Å². The van der Waals surface area contributed by atoms with Crippen LogP contribution in [0.5, 0.6) is 0 Å². The van der Waals surface area contributed by atoms with E-state index < -0.39 is 0 Å². The molecule has 2 fully saturated rings. The molecule has 0 radical (unpaired) electrons. The van der Waals surface area contributed by atoms with E-state index in [9.17, 15) is 0 Å². The van der Waals surface area contributed by atoms with Crippen molar-refractivity contribution in [3.05, 3.63) is 0 Å². The maximum Gasteiger partial charge on any atom is 0.0333 e. The summed E-state index contributed by atoms with van der Waals surface area (Å²) < 4.78 is 0. The third-order valence-corrected chi connectivity index (χ3v) is 3.75. The maximum absolute atomic E-state index is 5.85.